The van der Waals surface area contributed by atoms with E-state index in [1.165, 1.54) is 0 Å². The van der Waals surface area contributed by atoms with Crippen LogP contribution in [0.4, 0.5) is 0 Å². The van der Waals surface area contributed by atoms with Crippen molar-refractivity contribution in [3.8, 4) is 0 Å². The van der Waals surface area contributed by atoms with Gasteiger partial charge in [-0.25, -0.2) is 0 Å². The second-order valence-corrected chi connectivity index (χ2v) is 4.13. The number of hydrogen-bond acceptors (Lipinski definition) is 3. The maximum atomic E-state index is 11.8. The van der Waals surface area contributed by atoms with Crippen LogP contribution < -0.4 is 5.32 Å². The summed E-state index contributed by atoms with van der Waals surface area (Å²) in [6, 6.07) is 0. The van der Waals surface area contributed by atoms with E-state index in [0.29, 0.717) is 17.4 Å². The summed E-state index contributed by atoms with van der Waals surface area (Å²) in [6.07, 6.45) is 3.78. The Morgan fingerprint density at radius 1 is 1.53 bits per heavy atom. The van der Waals surface area contributed by atoms with E-state index < -0.39 is 0 Å². The predicted molar refractivity (Wildman–Crippen MR) is 64.1 cm³/mol. The third-order valence-electron chi connectivity index (χ3n) is 2.08. The summed E-state index contributed by atoms with van der Waals surface area (Å²) in [6.45, 7) is 2.79. The molecule has 0 aliphatic carbocycles. The van der Waals surface area contributed by atoms with Crippen molar-refractivity contribution in [1.82, 2.24) is 15.1 Å². The number of hydrogen-bond donors (Lipinski definition) is 1. The van der Waals surface area contributed by atoms with Gasteiger partial charge in [0.05, 0.1) is 0 Å². The van der Waals surface area contributed by atoms with Crippen LogP contribution in [0.5, 0.6) is 0 Å². The Bertz CT molecular complexity index is 299. The van der Waals surface area contributed by atoms with E-state index >= 15 is 0 Å². The van der Waals surface area contributed by atoms with Crippen LogP contribution in [0.2, 0.25) is 0 Å². The Kier molecular flexibility index (Phi) is 4.08. The molecule has 4 nitrogen and oxygen atoms in total. The quantitative estimate of drug-likeness (QED) is 0.572. The molecule has 1 N–H and O–H groups in total. The maximum absolute atomic E-state index is 11.8. The van der Waals surface area contributed by atoms with E-state index in [2.05, 4.69) is 12.2 Å². The number of carbonyl (C=O) groups excluding carboxylic acids is 1. The minimum absolute atomic E-state index is 0.0258. The molecule has 0 atom stereocenters. The zero-order valence-electron chi connectivity index (χ0n) is 9.41. The van der Waals surface area contributed by atoms with Crippen LogP contribution in [0.25, 0.3) is 0 Å². The number of nitrogens with zero attached hydrogens (tertiary/aromatic N) is 2. The molecule has 1 aliphatic rings. The highest BCUT2D eigenvalue weighted by Gasteiger charge is 2.29. The Morgan fingerprint density at radius 2 is 2.20 bits per heavy atom. The Hall–Kier alpha value is -1.10. The van der Waals surface area contributed by atoms with E-state index in [-0.39, 0.29) is 5.91 Å². The van der Waals surface area contributed by atoms with Gasteiger partial charge in [-0.15, -0.1) is 0 Å². The topological polar surface area (TPSA) is 35.6 Å². The van der Waals surface area contributed by atoms with Crippen LogP contribution in [0.15, 0.2) is 11.9 Å². The smallest absolute Gasteiger partial charge is 0.278 e. The van der Waals surface area contributed by atoms with Gasteiger partial charge in [-0.05, 0) is 18.6 Å². The summed E-state index contributed by atoms with van der Waals surface area (Å²) in [5, 5.41) is 3.44. The number of unbranched alkanes of at least 4 members (excludes halogenated alkanes) is 1. The second-order valence-electron chi connectivity index (χ2n) is 3.75. The van der Waals surface area contributed by atoms with Crippen LogP contribution in [0, 0.1) is 0 Å². The molecule has 1 rings (SSSR count). The van der Waals surface area contributed by atoms with Crippen LogP contribution in [-0.4, -0.2) is 41.5 Å². The fourth-order valence-corrected chi connectivity index (χ4v) is 1.62. The van der Waals surface area contributed by atoms with E-state index in [4.69, 9.17) is 12.2 Å². The van der Waals surface area contributed by atoms with Gasteiger partial charge in [0, 0.05) is 26.8 Å². The molecule has 0 aromatic rings. The lowest BCUT2D eigenvalue weighted by atomic mass is 10.3. The highest BCUT2D eigenvalue weighted by Crippen LogP contribution is 2.11. The molecule has 0 aromatic heterocycles. The molecule has 1 heterocycles. The third kappa shape index (κ3) is 2.92. The number of thiocarbonyl (C=S) groups is 1. The molecule has 0 radical (unpaired) electrons. The Balaban J connectivity index is 2.70. The highest BCUT2D eigenvalue weighted by atomic mass is 32.1. The van der Waals surface area contributed by atoms with Gasteiger partial charge < -0.3 is 10.2 Å². The van der Waals surface area contributed by atoms with Gasteiger partial charge in [-0.1, -0.05) is 13.3 Å². The molecule has 0 aromatic carbocycles. The lowest BCUT2D eigenvalue weighted by molar-refractivity contribution is -0.122. The van der Waals surface area contributed by atoms with Crippen molar-refractivity contribution in [1.29, 1.82) is 0 Å². The number of nitrogens with one attached hydrogen (secondary N) is 1. The minimum atomic E-state index is -0.0258. The Labute approximate surface area is 95.9 Å². The largest absolute Gasteiger partial charge is 0.382 e. The highest BCUT2D eigenvalue weighted by molar-refractivity contribution is 7.80. The lowest BCUT2D eigenvalue weighted by Crippen LogP contribution is -2.31. The minimum Gasteiger partial charge on any atom is -0.382 e. The number of rotatable bonds is 4. The zero-order valence-corrected chi connectivity index (χ0v) is 10.2. The van der Waals surface area contributed by atoms with Crippen molar-refractivity contribution in [3.05, 3.63) is 11.9 Å². The van der Waals surface area contributed by atoms with Crippen molar-refractivity contribution < 1.29 is 4.79 Å². The first-order valence-electron chi connectivity index (χ1n) is 5.07. The van der Waals surface area contributed by atoms with Gasteiger partial charge in [-0.3, -0.25) is 9.69 Å². The molecule has 1 saturated heterocycles. The Morgan fingerprint density at radius 3 is 2.73 bits per heavy atom. The van der Waals surface area contributed by atoms with Crippen LogP contribution >= 0.6 is 12.2 Å². The fourth-order valence-electron chi connectivity index (χ4n) is 1.34. The first-order valence-corrected chi connectivity index (χ1v) is 5.48. The molecular weight excluding hydrogens is 210 g/mol. The number of amides is 1. The van der Waals surface area contributed by atoms with Crippen molar-refractivity contribution in [2.24, 2.45) is 0 Å². The van der Waals surface area contributed by atoms with Gasteiger partial charge in [0.1, 0.15) is 5.70 Å². The number of carbonyl (C=O) groups is 1. The SMILES string of the molecule is CCCCN1C(=O)/C(=C/N(C)C)NC1=S. The molecule has 84 valence electrons. The van der Waals surface area contributed by atoms with E-state index in [1.54, 1.807) is 11.1 Å². The second kappa shape index (κ2) is 5.11. The monoisotopic (exact) mass is 227 g/mol. The molecular formula is C10H17N3OS. The summed E-state index contributed by atoms with van der Waals surface area (Å²) < 4.78 is 0. The lowest BCUT2D eigenvalue weighted by Gasteiger charge is -2.12. The zero-order chi connectivity index (χ0) is 11.4. The van der Waals surface area contributed by atoms with Gasteiger partial charge in [-0.2, -0.15) is 0 Å². The van der Waals surface area contributed by atoms with Crippen molar-refractivity contribution in [2.75, 3.05) is 20.6 Å². The van der Waals surface area contributed by atoms with E-state index in [1.807, 2.05) is 19.0 Å². The third-order valence-corrected chi connectivity index (χ3v) is 2.41. The maximum Gasteiger partial charge on any atom is 0.278 e. The molecule has 15 heavy (non-hydrogen) atoms. The van der Waals surface area contributed by atoms with Crippen molar-refractivity contribution in [3.63, 3.8) is 0 Å². The van der Waals surface area contributed by atoms with Crippen LogP contribution in [0.1, 0.15) is 19.8 Å². The average Bonchev–Trinajstić information content (AvgIpc) is 2.39. The summed E-state index contributed by atoms with van der Waals surface area (Å²) in [5.74, 6) is -0.0258. The normalized spacial score (nSPS) is 18.6. The van der Waals surface area contributed by atoms with Crippen molar-refractivity contribution >= 4 is 23.2 Å². The summed E-state index contributed by atoms with van der Waals surface area (Å²) >= 11 is 5.10. The molecule has 0 bridgehead atoms. The van der Waals surface area contributed by atoms with Crippen molar-refractivity contribution in [2.45, 2.75) is 19.8 Å². The summed E-state index contributed by atoms with van der Waals surface area (Å²) in [7, 11) is 3.75. The van der Waals surface area contributed by atoms with E-state index in [9.17, 15) is 4.79 Å². The standard InChI is InChI=1S/C10H17N3OS/c1-4-5-6-13-9(14)8(7-12(2)3)11-10(13)15/h7H,4-6H2,1-3H3,(H,11,15)/b8-7-. The molecule has 0 spiro atoms. The van der Waals surface area contributed by atoms with Crippen LogP contribution in [-0.2, 0) is 4.79 Å². The van der Waals surface area contributed by atoms with E-state index in [0.717, 1.165) is 12.8 Å². The van der Waals surface area contributed by atoms with Gasteiger partial charge >= 0.3 is 0 Å². The average molecular weight is 227 g/mol. The summed E-state index contributed by atoms with van der Waals surface area (Å²) in [4.78, 5) is 15.3. The molecule has 1 aliphatic heterocycles. The molecule has 1 fully saturated rings. The molecule has 1 amide bonds. The first kappa shape index (κ1) is 12.0. The molecule has 5 heteroatoms. The van der Waals surface area contributed by atoms with Gasteiger partial charge in [0.2, 0.25) is 0 Å². The molecule has 0 saturated carbocycles. The van der Waals surface area contributed by atoms with Gasteiger partial charge in [0.15, 0.2) is 5.11 Å². The van der Waals surface area contributed by atoms with Gasteiger partial charge in [0.25, 0.3) is 5.91 Å². The van der Waals surface area contributed by atoms with Crippen LogP contribution in [0.3, 0.4) is 0 Å². The fraction of sp³-hybridized carbons (Fsp3) is 0.600. The molecule has 0 unspecified atom stereocenters. The first-order chi connectivity index (χ1) is 7.06. The predicted octanol–water partition coefficient (Wildman–Crippen LogP) is 0.906. The summed E-state index contributed by atoms with van der Waals surface area (Å²) in [5.41, 5.74) is 0.557.